The second kappa shape index (κ2) is 5.21. The van der Waals surface area contributed by atoms with Crippen molar-refractivity contribution in [2.45, 2.75) is 31.9 Å². The number of carbonyl (C=O) groups excluding carboxylic acids is 1. The van der Waals surface area contributed by atoms with Crippen molar-refractivity contribution in [1.82, 2.24) is 4.72 Å². The first-order chi connectivity index (χ1) is 6.97. The van der Waals surface area contributed by atoms with Crippen LogP contribution in [-0.4, -0.2) is 10.7 Å². The van der Waals surface area contributed by atoms with Gasteiger partial charge in [-0.1, -0.05) is 30.3 Å². The molecule has 0 aliphatic rings. The lowest BCUT2D eigenvalue weighted by Gasteiger charge is -2.17. The van der Waals surface area contributed by atoms with Crippen LogP contribution in [0.2, 0.25) is 0 Å². The van der Waals surface area contributed by atoms with Crippen molar-refractivity contribution in [2.75, 3.05) is 0 Å². The molecule has 0 heterocycles. The lowest BCUT2D eigenvalue weighted by Crippen LogP contribution is -2.24. The van der Waals surface area contributed by atoms with Crippen molar-refractivity contribution in [3.8, 4) is 0 Å². The van der Waals surface area contributed by atoms with E-state index in [4.69, 9.17) is 0 Å². The molecule has 0 atom stereocenters. The van der Waals surface area contributed by atoms with E-state index in [0.29, 0.717) is 6.42 Å². The summed E-state index contributed by atoms with van der Waals surface area (Å²) in [5, 5.41) is 0. The molecule has 3 heteroatoms. The number of rotatable bonds is 3. The van der Waals surface area contributed by atoms with Crippen LogP contribution in [0.25, 0.3) is 0 Å². The Kier molecular flexibility index (Phi) is 4.21. The minimum atomic E-state index is 0.0566. The van der Waals surface area contributed by atoms with E-state index in [1.807, 2.05) is 30.3 Å². The van der Waals surface area contributed by atoms with E-state index in [9.17, 15) is 4.79 Å². The van der Waals surface area contributed by atoms with Crippen LogP contribution >= 0.6 is 11.9 Å². The Labute approximate surface area is 95.6 Å². The third-order valence-electron chi connectivity index (χ3n) is 1.68. The molecular formula is C12H17NOS. The molecule has 2 nitrogen and oxygen atoms in total. The summed E-state index contributed by atoms with van der Waals surface area (Å²) in [4.78, 5) is 11.5. The Balaban J connectivity index is 2.38. The van der Waals surface area contributed by atoms with Crippen molar-refractivity contribution in [1.29, 1.82) is 0 Å². The normalized spacial score (nSPS) is 11.1. The van der Waals surface area contributed by atoms with E-state index in [-0.39, 0.29) is 10.7 Å². The van der Waals surface area contributed by atoms with Crippen molar-refractivity contribution in [3.63, 3.8) is 0 Å². The van der Waals surface area contributed by atoms with E-state index in [1.165, 1.54) is 11.9 Å². The molecule has 0 spiro atoms. The third-order valence-corrected chi connectivity index (χ3v) is 2.62. The van der Waals surface area contributed by atoms with Crippen LogP contribution in [0.4, 0.5) is 0 Å². The van der Waals surface area contributed by atoms with E-state index < -0.39 is 0 Å². The van der Waals surface area contributed by atoms with Crippen molar-refractivity contribution >= 4 is 17.9 Å². The number of benzene rings is 1. The molecule has 1 rings (SSSR count). The van der Waals surface area contributed by atoms with Crippen LogP contribution < -0.4 is 4.72 Å². The first kappa shape index (κ1) is 12.1. The summed E-state index contributed by atoms with van der Waals surface area (Å²) in [7, 11) is 0. The third kappa shape index (κ3) is 5.47. The van der Waals surface area contributed by atoms with Gasteiger partial charge >= 0.3 is 0 Å². The smallest absolute Gasteiger partial charge is 0.234 e. The SMILES string of the molecule is CC(C)(C)SNC(=O)Cc1ccccc1. The summed E-state index contributed by atoms with van der Waals surface area (Å²) in [6, 6.07) is 9.76. The second-order valence-corrected chi connectivity index (χ2v) is 6.04. The highest BCUT2D eigenvalue weighted by atomic mass is 32.2. The summed E-state index contributed by atoms with van der Waals surface area (Å²) >= 11 is 1.46. The Morgan fingerprint density at radius 2 is 1.87 bits per heavy atom. The summed E-state index contributed by atoms with van der Waals surface area (Å²) in [6.07, 6.45) is 0.448. The maximum Gasteiger partial charge on any atom is 0.234 e. The highest BCUT2D eigenvalue weighted by Gasteiger charge is 2.12. The highest BCUT2D eigenvalue weighted by Crippen LogP contribution is 2.19. The number of amides is 1. The topological polar surface area (TPSA) is 29.1 Å². The lowest BCUT2D eigenvalue weighted by atomic mass is 10.1. The molecule has 0 saturated heterocycles. The fourth-order valence-corrected chi connectivity index (χ4v) is 1.52. The summed E-state index contributed by atoms with van der Waals surface area (Å²) in [6.45, 7) is 6.21. The zero-order valence-electron chi connectivity index (χ0n) is 9.41. The first-order valence-electron chi connectivity index (χ1n) is 4.98. The minimum absolute atomic E-state index is 0.0566. The van der Waals surface area contributed by atoms with Crippen molar-refractivity contribution in [3.05, 3.63) is 35.9 Å². The molecule has 0 aliphatic heterocycles. The van der Waals surface area contributed by atoms with Gasteiger partial charge in [0, 0.05) is 4.75 Å². The Morgan fingerprint density at radius 3 is 2.40 bits per heavy atom. The van der Waals surface area contributed by atoms with E-state index >= 15 is 0 Å². The van der Waals surface area contributed by atoms with Gasteiger partial charge in [0.1, 0.15) is 0 Å². The molecule has 82 valence electrons. The molecule has 0 fully saturated rings. The van der Waals surface area contributed by atoms with E-state index in [2.05, 4.69) is 25.5 Å². The van der Waals surface area contributed by atoms with Gasteiger partial charge in [-0.3, -0.25) is 9.52 Å². The van der Waals surface area contributed by atoms with Gasteiger partial charge in [0.15, 0.2) is 0 Å². The summed E-state index contributed by atoms with van der Waals surface area (Å²) in [5.74, 6) is 0.0566. The van der Waals surface area contributed by atoms with Gasteiger partial charge in [-0.15, -0.1) is 0 Å². The van der Waals surface area contributed by atoms with Crippen LogP contribution in [0.5, 0.6) is 0 Å². The summed E-state index contributed by atoms with van der Waals surface area (Å²) < 4.78 is 2.91. The molecule has 0 aromatic heterocycles. The van der Waals surface area contributed by atoms with Crippen molar-refractivity contribution in [2.24, 2.45) is 0 Å². The number of nitrogens with one attached hydrogen (secondary N) is 1. The summed E-state index contributed by atoms with van der Waals surface area (Å²) in [5.41, 5.74) is 1.05. The minimum Gasteiger partial charge on any atom is -0.299 e. The Morgan fingerprint density at radius 1 is 1.27 bits per heavy atom. The average Bonchev–Trinajstić information content (AvgIpc) is 2.15. The quantitative estimate of drug-likeness (QED) is 0.798. The standard InChI is InChI=1S/C12H17NOS/c1-12(2,3)15-13-11(14)9-10-7-5-4-6-8-10/h4-8H,9H2,1-3H3,(H,13,14). The Hall–Kier alpha value is -0.960. The predicted molar refractivity (Wildman–Crippen MR) is 65.6 cm³/mol. The van der Waals surface area contributed by atoms with Crippen LogP contribution in [-0.2, 0) is 11.2 Å². The van der Waals surface area contributed by atoms with Gasteiger partial charge in [-0.25, -0.2) is 0 Å². The number of hydrogen-bond donors (Lipinski definition) is 1. The van der Waals surface area contributed by atoms with Crippen molar-refractivity contribution < 1.29 is 4.79 Å². The van der Waals surface area contributed by atoms with E-state index in [1.54, 1.807) is 0 Å². The van der Waals surface area contributed by atoms with Crippen LogP contribution in [0.15, 0.2) is 30.3 Å². The molecule has 0 aliphatic carbocycles. The maximum absolute atomic E-state index is 11.5. The Bertz CT molecular complexity index is 316. The molecular weight excluding hydrogens is 206 g/mol. The largest absolute Gasteiger partial charge is 0.299 e. The zero-order valence-corrected chi connectivity index (χ0v) is 10.2. The molecule has 0 unspecified atom stereocenters. The lowest BCUT2D eigenvalue weighted by molar-refractivity contribution is -0.118. The number of carbonyl (C=O) groups is 1. The van der Waals surface area contributed by atoms with E-state index in [0.717, 1.165) is 5.56 Å². The van der Waals surface area contributed by atoms with Gasteiger partial charge in [-0.2, -0.15) is 0 Å². The van der Waals surface area contributed by atoms with Gasteiger partial charge in [0.25, 0.3) is 0 Å². The average molecular weight is 223 g/mol. The molecule has 0 bridgehead atoms. The molecule has 15 heavy (non-hydrogen) atoms. The van der Waals surface area contributed by atoms with Crippen LogP contribution in [0.3, 0.4) is 0 Å². The highest BCUT2D eigenvalue weighted by molar-refractivity contribution is 7.99. The van der Waals surface area contributed by atoms with Gasteiger partial charge in [0.2, 0.25) is 5.91 Å². The monoisotopic (exact) mass is 223 g/mol. The van der Waals surface area contributed by atoms with Gasteiger partial charge < -0.3 is 0 Å². The second-order valence-electron chi connectivity index (χ2n) is 4.40. The maximum atomic E-state index is 11.5. The van der Waals surface area contributed by atoms with Crippen LogP contribution in [0, 0.1) is 0 Å². The van der Waals surface area contributed by atoms with Gasteiger partial charge in [-0.05, 0) is 38.3 Å². The van der Waals surface area contributed by atoms with Gasteiger partial charge in [0.05, 0.1) is 6.42 Å². The zero-order chi connectivity index (χ0) is 11.3. The molecule has 1 aromatic carbocycles. The fraction of sp³-hybridized carbons (Fsp3) is 0.417. The number of hydrogen-bond acceptors (Lipinski definition) is 2. The van der Waals surface area contributed by atoms with Crippen LogP contribution in [0.1, 0.15) is 26.3 Å². The molecule has 1 N–H and O–H groups in total. The molecule has 1 aromatic rings. The first-order valence-corrected chi connectivity index (χ1v) is 5.80. The molecule has 0 saturated carbocycles. The molecule has 1 amide bonds. The fourth-order valence-electron chi connectivity index (χ4n) is 1.03. The predicted octanol–water partition coefficient (Wildman–Crippen LogP) is 2.79. The molecule has 0 radical (unpaired) electrons.